The summed E-state index contributed by atoms with van der Waals surface area (Å²) in [6.07, 6.45) is 1.81. The van der Waals surface area contributed by atoms with Gasteiger partial charge in [0.05, 0.1) is 13.0 Å². The molecule has 2 N–H and O–H groups in total. The largest absolute Gasteiger partial charge is 0.481 e. The van der Waals surface area contributed by atoms with Crippen LogP contribution in [-0.2, 0) is 14.3 Å². The van der Waals surface area contributed by atoms with Crippen LogP contribution >= 0.6 is 0 Å². The topological polar surface area (TPSA) is 78.9 Å². The molecule has 1 amide bonds. The van der Waals surface area contributed by atoms with Gasteiger partial charge in [0.15, 0.2) is 0 Å². The predicted octanol–water partition coefficient (Wildman–Crippen LogP) is -0.559. The van der Waals surface area contributed by atoms with Crippen LogP contribution in [0.25, 0.3) is 0 Å². The highest BCUT2D eigenvalue weighted by atomic mass is 16.5. The maximum absolute atomic E-state index is 11.7. The third kappa shape index (κ3) is 2.95. The Labute approximate surface area is 99.9 Å². The molecule has 0 radical (unpaired) electrons. The molecule has 0 aromatic carbocycles. The van der Waals surface area contributed by atoms with Crippen LogP contribution in [0.4, 0.5) is 0 Å². The molecule has 2 rings (SSSR count). The Kier molecular flexibility index (Phi) is 3.96. The van der Waals surface area contributed by atoms with Crippen molar-refractivity contribution >= 4 is 11.9 Å². The lowest BCUT2D eigenvalue weighted by molar-refractivity contribution is -0.145. The van der Waals surface area contributed by atoms with Crippen LogP contribution in [0.2, 0.25) is 0 Å². The molecular weight excluding hydrogens is 224 g/mol. The summed E-state index contributed by atoms with van der Waals surface area (Å²) in [5.41, 5.74) is 0. The molecule has 2 atom stereocenters. The van der Waals surface area contributed by atoms with Crippen LogP contribution in [0.15, 0.2) is 0 Å². The van der Waals surface area contributed by atoms with E-state index in [1.807, 2.05) is 4.90 Å². The molecule has 17 heavy (non-hydrogen) atoms. The number of carbonyl (C=O) groups excluding carboxylic acids is 1. The fourth-order valence-electron chi connectivity index (χ4n) is 2.53. The number of carbonyl (C=O) groups is 2. The monoisotopic (exact) mass is 242 g/mol. The van der Waals surface area contributed by atoms with E-state index in [0.717, 1.165) is 19.4 Å². The van der Waals surface area contributed by atoms with E-state index in [1.54, 1.807) is 0 Å². The molecule has 2 saturated heterocycles. The first-order valence-electron chi connectivity index (χ1n) is 6.01. The maximum Gasteiger partial charge on any atom is 0.305 e. The summed E-state index contributed by atoms with van der Waals surface area (Å²) in [4.78, 5) is 24.5. The minimum absolute atomic E-state index is 0.137. The van der Waals surface area contributed by atoms with Gasteiger partial charge in [0.1, 0.15) is 6.04 Å². The van der Waals surface area contributed by atoms with Gasteiger partial charge in [-0.05, 0) is 12.8 Å². The fraction of sp³-hybridized carbons (Fsp3) is 0.818. The molecule has 2 heterocycles. The normalized spacial score (nSPS) is 30.9. The number of hydrogen-bond acceptors (Lipinski definition) is 4. The van der Waals surface area contributed by atoms with Gasteiger partial charge in [-0.3, -0.25) is 14.5 Å². The third-order valence-corrected chi connectivity index (χ3v) is 3.35. The SMILES string of the molecule is O=C(O)CC1C(=O)NCCN1C1CCCOC1. The van der Waals surface area contributed by atoms with E-state index in [0.29, 0.717) is 19.7 Å². The summed E-state index contributed by atoms with van der Waals surface area (Å²) in [7, 11) is 0. The Balaban J connectivity index is 2.05. The number of piperazine rings is 1. The Morgan fingerprint density at radius 1 is 1.59 bits per heavy atom. The molecule has 6 nitrogen and oxygen atoms in total. The third-order valence-electron chi connectivity index (χ3n) is 3.35. The van der Waals surface area contributed by atoms with Gasteiger partial charge in [0.25, 0.3) is 0 Å². The molecule has 0 spiro atoms. The van der Waals surface area contributed by atoms with E-state index in [9.17, 15) is 9.59 Å². The van der Waals surface area contributed by atoms with Crippen LogP contribution in [0.5, 0.6) is 0 Å². The average Bonchev–Trinajstić information content (AvgIpc) is 2.32. The van der Waals surface area contributed by atoms with Crippen molar-refractivity contribution in [3.63, 3.8) is 0 Å². The number of hydrogen-bond donors (Lipinski definition) is 2. The zero-order valence-corrected chi connectivity index (χ0v) is 9.72. The Bertz CT molecular complexity index is 302. The molecule has 6 heteroatoms. The van der Waals surface area contributed by atoms with Crippen LogP contribution < -0.4 is 5.32 Å². The molecule has 0 aromatic heterocycles. The maximum atomic E-state index is 11.7. The lowest BCUT2D eigenvalue weighted by Crippen LogP contribution is -2.60. The number of carboxylic acids is 1. The van der Waals surface area contributed by atoms with Gasteiger partial charge in [-0.15, -0.1) is 0 Å². The van der Waals surface area contributed by atoms with E-state index in [1.165, 1.54) is 0 Å². The van der Waals surface area contributed by atoms with Crippen LogP contribution in [-0.4, -0.2) is 60.3 Å². The van der Waals surface area contributed by atoms with E-state index < -0.39 is 12.0 Å². The first-order valence-corrected chi connectivity index (χ1v) is 6.01. The van der Waals surface area contributed by atoms with Crippen LogP contribution in [0.1, 0.15) is 19.3 Å². The average molecular weight is 242 g/mol. The van der Waals surface area contributed by atoms with Gasteiger partial charge < -0.3 is 15.2 Å². The van der Waals surface area contributed by atoms with Crippen molar-refractivity contribution in [1.82, 2.24) is 10.2 Å². The molecule has 96 valence electrons. The Hall–Kier alpha value is -1.14. The molecule has 2 fully saturated rings. The standard InChI is InChI=1S/C11H18N2O4/c14-10(15)6-9-11(16)12-3-4-13(9)8-2-1-5-17-7-8/h8-9H,1-7H2,(H,12,16)(H,14,15). The van der Waals surface area contributed by atoms with E-state index in [2.05, 4.69) is 5.32 Å². The lowest BCUT2D eigenvalue weighted by Gasteiger charge is -2.41. The second-order valence-electron chi connectivity index (χ2n) is 4.51. The number of nitrogens with zero attached hydrogens (tertiary/aromatic N) is 1. The van der Waals surface area contributed by atoms with Crippen molar-refractivity contribution in [1.29, 1.82) is 0 Å². The van der Waals surface area contributed by atoms with Crippen molar-refractivity contribution in [2.24, 2.45) is 0 Å². The van der Waals surface area contributed by atoms with E-state index in [-0.39, 0.29) is 18.4 Å². The highest BCUT2D eigenvalue weighted by Crippen LogP contribution is 2.19. The van der Waals surface area contributed by atoms with Crippen molar-refractivity contribution in [3.8, 4) is 0 Å². The van der Waals surface area contributed by atoms with E-state index >= 15 is 0 Å². The minimum Gasteiger partial charge on any atom is -0.481 e. The molecule has 0 bridgehead atoms. The molecule has 2 aliphatic rings. The summed E-state index contributed by atoms with van der Waals surface area (Å²) in [5, 5.41) is 11.6. The van der Waals surface area contributed by atoms with Crippen LogP contribution in [0, 0.1) is 0 Å². The zero-order chi connectivity index (χ0) is 12.3. The smallest absolute Gasteiger partial charge is 0.305 e. The molecule has 2 unspecified atom stereocenters. The number of aliphatic carboxylic acids is 1. The highest BCUT2D eigenvalue weighted by Gasteiger charge is 2.36. The minimum atomic E-state index is -0.936. The van der Waals surface area contributed by atoms with Crippen LogP contribution in [0.3, 0.4) is 0 Å². The van der Waals surface area contributed by atoms with Gasteiger partial charge in [0.2, 0.25) is 5.91 Å². The van der Waals surface area contributed by atoms with Crippen molar-refractivity contribution in [3.05, 3.63) is 0 Å². The zero-order valence-electron chi connectivity index (χ0n) is 9.72. The fourth-order valence-corrected chi connectivity index (χ4v) is 2.53. The quantitative estimate of drug-likeness (QED) is 0.693. The van der Waals surface area contributed by atoms with Gasteiger partial charge in [-0.25, -0.2) is 0 Å². The summed E-state index contributed by atoms with van der Waals surface area (Å²) in [6.45, 7) is 2.66. The highest BCUT2D eigenvalue weighted by molar-refractivity contribution is 5.86. The first kappa shape index (κ1) is 12.3. The number of amides is 1. The Morgan fingerprint density at radius 3 is 3.06 bits per heavy atom. The summed E-state index contributed by atoms with van der Waals surface area (Å²) in [5.74, 6) is -1.11. The molecule has 0 aromatic rings. The number of nitrogens with one attached hydrogen (secondary N) is 1. The summed E-state index contributed by atoms with van der Waals surface area (Å²) >= 11 is 0. The Morgan fingerprint density at radius 2 is 2.41 bits per heavy atom. The van der Waals surface area contributed by atoms with Crippen molar-refractivity contribution in [2.75, 3.05) is 26.3 Å². The van der Waals surface area contributed by atoms with Crippen molar-refractivity contribution < 1.29 is 19.4 Å². The molecule has 0 aliphatic carbocycles. The molecular formula is C11H18N2O4. The van der Waals surface area contributed by atoms with Gasteiger partial charge in [-0.1, -0.05) is 0 Å². The predicted molar refractivity (Wildman–Crippen MR) is 59.6 cm³/mol. The van der Waals surface area contributed by atoms with E-state index in [4.69, 9.17) is 9.84 Å². The second kappa shape index (κ2) is 5.46. The number of ether oxygens (including phenoxy) is 1. The molecule has 2 aliphatic heterocycles. The number of rotatable bonds is 3. The summed E-state index contributed by atoms with van der Waals surface area (Å²) in [6, 6.07) is -0.368. The molecule has 0 saturated carbocycles. The van der Waals surface area contributed by atoms with Gasteiger partial charge in [-0.2, -0.15) is 0 Å². The second-order valence-corrected chi connectivity index (χ2v) is 4.51. The van der Waals surface area contributed by atoms with Gasteiger partial charge in [0, 0.05) is 25.7 Å². The lowest BCUT2D eigenvalue weighted by atomic mass is 10.0. The summed E-state index contributed by atoms with van der Waals surface area (Å²) < 4.78 is 5.40. The van der Waals surface area contributed by atoms with Crippen molar-refractivity contribution in [2.45, 2.75) is 31.3 Å². The number of carboxylic acid groups (broad SMARTS) is 1. The first-order chi connectivity index (χ1) is 8.18. The van der Waals surface area contributed by atoms with Gasteiger partial charge >= 0.3 is 5.97 Å².